The SMILES string of the molecule is CCOc1cccc(OC(=O)CC)c1COc1cc(F)c(CC)cc1Br. The molecule has 0 bridgehead atoms. The van der Waals surface area contributed by atoms with Gasteiger partial charge in [-0.15, -0.1) is 0 Å². The highest BCUT2D eigenvalue weighted by atomic mass is 79.9. The van der Waals surface area contributed by atoms with Crippen LogP contribution in [0.3, 0.4) is 0 Å². The average molecular weight is 425 g/mol. The number of benzene rings is 2. The van der Waals surface area contributed by atoms with Gasteiger partial charge in [0.05, 0.1) is 16.6 Å². The minimum Gasteiger partial charge on any atom is -0.493 e. The molecular formula is C20H22BrFO4. The topological polar surface area (TPSA) is 44.8 Å². The van der Waals surface area contributed by atoms with Crippen LogP contribution in [-0.2, 0) is 17.8 Å². The maximum Gasteiger partial charge on any atom is 0.310 e. The van der Waals surface area contributed by atoms with Gasteiger partial charge in [-0.05, 0) is 53.0 Å². The number of hydrogen-bond acceptors (Lipinski definition) is 4. The molecule has 0 saturated carbocycles. The van der Waals surface area contributed by atoms with Gasteiger partial charge in [0.15, 0.2) is 0 Å². The molecule has 0 radical (unpaired) electrons. The van der Waals surface area contributed by atoms with Gasteiger partial charge in [0.25, 0.3) is 0 Å². The Balaban J connectivity index is 2.30. The summed E-state index contributed by atoms with van der Waals surface area (Å²) < 4.78 is 31.5. The zero-order valence-corrected chi connectivity index (χ0v) is 16.7. The molecule has 0 heterocycles. The van der Waals surface area contributed by atoms with Crippen molar-refractivity contribution in [2.45, 2.75) is 40.2 Å². The van der Waals surface area contributed by atoms with Crippen LogP contribution in [0.4, 0.5) is 4.39 Å². The lowest BCUT2D eigenvalue weighted by Gasteiger charge is -2.16. The number of halogens is 2. The summed E-state index contributed by atoms with van der Waals surface area (Å²) in [5.41, 5.74) is 1.21. The maximum atomic E-state index is 14.1. The third-order valence-corrected chi connectivity index (χ3v) is 4.38. The van der Waals surface area contributed by atoms with Gasteiger partial charge >= 0.3 is 5.97 Å². The lowest BCUT2D eigenvalue weighted by molar-refractivity contribution is -0.134. The van der Waals surface area contributed by atoms with Gasteiger partial charge < -0.3 is 14.2 Å². The molecule has 2 rings (SSSR count). The molecule has 2 aromatic rings. The second-order valence-corrected chi connectivity index (χ2v) is 6.36. The Morgan fingerprint density at radius 2 is 1.81 bits per heavy atom. The minimum absolute atomic E-state index is 0.0754. The van der Waals surface area contributed by atoms with E-state index < -0.39 is 0 Å². The molecule has 4 nitrogen and oxygen atoms in total. The first-order chi connectivity index (χ1) is 12.5. The van der Waals surface area contributed by atoms with Gasteiger partial charge in [0, 0.05) is 12.5 Å². The number of rotatable bonds is 8. The van der Waals surface area contributed by atoms with Crippen LogP contribution >= 0.6 is 15.9 Å². The summed E-state index contributed by atoms with van der Waals surface area (Å²) in [7, 11) is 0. The van der Waals surface area contributed by atoms with E-state index in [9.17, 15) is 9.18 Å². The molecule has 0 fully saturated rings. The van der Waals surface area contributed by atoms with Gasteiger partial charge in [-0.25, -0.2) is 4.39 Å². The molecular weight excluding hydrogens is 403 g/mol. The zero-order chi connectivity index (χ0) is 19.1. The number of esters is 1. The molecule has 0 atom stereocenters. The fraction of sp³-hybridized carbons (Fsp3) is 0.350. The van der Waals surface area contributed by atoms with E-state index in [0.29, 0.717) is 45.9 Å². The second kappa shape index (κ2) is 9.57. The average Bonchev–Trinajstić information content (AvgIpc) is 2.63. The molecule has 6 heteroatoms. The summed E-state index contributed by atoms with van der Waals surface area (Å²) >= 11 is 3.41. The summed E-state index contributed by atoms with van der Waals surface area (Å²) in [6.07, 6.45) is 0.851. The predicted octanol–water partition coefficient (Wildman–Crippen LogP) is 5.44. The maximum absolute atomic E-state index is 14.1. The Hall–Kier alpha value is -2.08. The lowest BCUT2D eigenvalue weighted by atomic mass is 10.1. The number of ether oxygens (including phenoxy) is 3. The summed E-state index contributed by atoms with van der Waals surface area (Å²) in [5, 5.41) is 0. The van der Waals surface area contributed by atoms with Gasteiger partial charge in [0.1, 0.15) is 29.7 Å². The van der Waals surface area contributed by atoms with Crippen molar-refractivity contribution in [3.05, 3.63) is 51.7 Å². The molecule has 0 unspecified atom stereocenters. The molecule has 0 aliphatic carbocycles. The predicted molar refractivity (Wildman–Crippen MR) is 101 cm³/mol. The van der Waals surface area contributed by atoms with Crippen LogP contribution in [0.5, 0.6) is 17.2 Å². The van der Waals surface area contributed by atoms with E-state index in [2.05, 4.69) is 15.9 Å². The Labute approximate surface area is 161 Å². The molecule has 0 spiro atoms. The Morgan fingerprint density at radius 3 is 2.46 bits per heavy atom. The van der Waals surface area contributed by atoms with Crippen LogP contribution in [0.2, 0.25) is 0 Å². The van der Waals surface area contributed by atoms with Gasteiger partial charge in [-0.3, -0.25) is 4.79 Å². The third-order valence-electron chi connectivity index (χ3n) is 3.76. The van der Waals surface area contributed by atoms with Crippen molar-refractivity contribution in [1.29, 1.82) is 0 Å². The van der Waals surface area contributed by atoms with Crippen molar-refractivity contribution in [1.82, 2.24) is 0 Å². The van der Waals surface area contributed by atoms with Crippen LogP contribution in [0.1, 0.15) is 38.3 Å². The molecule has 0 aliphatic heterocycles. The van der Waals surface area contributed by atoms with Crippen LogP contribution in [0.15, 0.2) is 34.8 Å². The van der Waals surface area contributed by atoms with E-state index in [1.54, 1.807) is 31.2 Å². The molecule has 26 heavy (non-hydrogen) atoms. The first-order valence-electron chi connectivity index (χ1n) is 8.56. The van der Waals surface area contributed by atoms with Gasteiger partial charge in [-0.1, -0.05) is 19.9 Å². The van der Waals surface area contributed by atoms with Crippen LogP contribution in [-0.4, -0.2) is 12.6 Å². The molecule has 0 aromatic heterocycles. The summed E-state index contributed by atoms with van der Waals surface area (Å²) in [4.78, 5) is 11.7. The number of aryl methyl sites for hydroxylation is 1. The monoisotopic (exact) mass is 424 g/mol. The number of carbonyl (C=O) groups excluding carboxylic acids is 1. The molecule has 0 saturated heterocycles. The van der Waals surface area contributed by atoms with Gasteiger partial charge in [-0.2, -0.15) is 0 Å². The van der Waals surface area contributed by atoms with E-state index >= 15 is 0 Å². The van der Waals surface area contributed by atoms with E-state index in [0.717, 1.165) is 0 Å². The summed E-state index contributed by atoms with van der Waals surface area (Å²) in [6.45, 7) is 6.01. The Morgan fingerprint density at radius 1 is 1.08 bits per heavy atom. The van der Waals surface area contributed by atoms with Crippen LogP contribution in [0, 0.1) is 5.82 Å². The van der Waals surface area contributed by atoms with Crippen molar-refractivity contribution >= 4 is 21.9 Å². The lowest BCUT2D eigenvalue weighted by Crippen LogP contribution is -2.10. The van der Waals surface area contributed by atoms with Crippen molar-refractivity contribution in [3.63, 3.8) is 0 Å². The number of carbonyl (C=O) groups is 1. The second-order valence-electron chi connectivity index (χ2n) is 5.51. The highest BCUT2D eigenvalue weighted by molar-refractivity contribution is 9.10. The first kappa shape index (κ1) is 20.2. The molecule has 0 amide bonds. The quantitative estimate of drug-likeness (QED) is 0.417. The summed E-state index contributed by atoms with van der Waals surface area (Å²) in [6, 6.07) is 8.27. The Bertz CT molecular complexity index is 777. The largest absolute Gasteiger partial charge is 0.493 e. The van der Waals surface area contributed by atoms with E-state index in [1.807, 2.05) is 13.8 Å². The first-order valence-corrected chi connectivity index (χ1v) is 9.35. The van der Waals surface area contributed by atoms with Crippen LogP contribution in [0.25, 0.3) is 0 Å². The van der Waals surface area contributed by atoms with Crippen LogP contribution < -0.4 is 14.2 Å². The van der Waals surface area contributed by atoms with Crippen molar-refractivity contribution < 1.29 is 23.4 Å². The normalized spacial score (nSPS) is 10.5. The Kier molecular flexibility index (Phi) is 7.45. The number of hydrogen-bond donors (Lipinski definition) is 0. The fourth-order valence-electron chi connectivity index (χ4n) is 2.37. The molecule has 140 valence electrons. The minimum atomic E-state index is -0.348. The van der Waals surface area contributed by atoms with E-state index in [-0.39, 0.29) is 24.8 Å². The molecule has 0 N–H and O–H groups in total. The standard InChI is InChI=1S/C20H22BrFO4/c1-4-13-10-15(21)19(11-16(13)22)25-12-14-17(24-6-3)8-7-9-18(14)26-20(23)5-2/h7-11H,4-6,12H2,1-3H3. The molecule has 2 aromatic carbocycles. The highest BCUT2D eigenvalue weighted by Gasteiger charge is 2.16. The highest BCUT2D eigenvalue weighted by Crippen LogP contribution is 2.33. The fourth-order valence-corrected chi connectivity index (χ4v) is 2.88. The molecule has 0 aliphatic rings. The zero-order valence-electron chi connectivity index (χ0n) is 15.1. The van der Waals surface area contributed by atoms with Crippen molar-refractivity contribution in [2.24, 2.45) is 0 Å². The van der Waals surface area contributed by atoms with Gasteiger partial charge in [0.2, 0.25) is 0 Å². The summed E-state index contributed by atoms with van der Waals surface area (Å²) in [5.74, 6) is 0.653. The van der Waals surface area contributed by atoms with E-state index in [4.69, 9.17) is 14.2 Å². The van der Waals surface area contributed by atoms with Crippen molar-refractivity contribution in [2.75, 3.05) is 6.61 Å². The van der Waals surface area contributed by atoms with Crippen molar-refractivity contribution in [3.8, 4) is 17.2 Å². The van der Waals surface area contributed by atoms with E-state index in [1.165, 1.54) is 6.07 Å². The third kappa shape index (κ3) is 4.97. The smallest absolute Gasteiger partial charge is 0.310 e.